The Morgan fingerprint density at radius 1 is 1.40 bits per heavy atom. The van der Waals surface area contributed by atoms with E-state index in [4.69, 9.17) is 5.11 Å². The van der Waals surface area contributed by atoms with E-state index in [1.807, 2.05) is 6.92 Å². The first-order valence-corrected chi connectivity index (χ1v) is 4.71. The van der Waals surface area contributed by atoms with Gasteiger partial charge in [0.1, 0.15) is 0 Å². The number of aliphatic carboxylic acids is 1. The average molecular weight is 214 g/mol. The Balaban J connectivity index is 0. The van der Waals surface area contributed by atoms with Crippen LogP contribution in [-0.4, -0.2) is 17.0 Å². The van der Waals surface area contributed by atoms with E-state index >= 15 is 0 Å². The van der Waals surface area contributed by atoms with Crippen molar-refractivity contribution in [1.29, 1.82) is 0 Å². The van der Waals surface area contributed by atoms with Gasteiger partial charge in [0.15, 0.2) is 0 Å². The summed E-state index contributed by atoms with van der Waals surface area (Å²) in [5.41, 5.74) is 0. The second-order valence-corrected chi connectivity index (χ2v) is 2.65. The highest BCUT2D eigenvalue weighted by Gasteiger charge is 1.96. The van der Waals surface area contributed by atoms with E-state index in [-0.39, 0.29) is 12.4 Å². The van der Waals surface area contributed by atoms with Crippen molar-refractivity contribution in [3.8, 4) is 0 Å². The lowest BCUT2D eigenvalue weighted by Crippen LogP contribution is -1.97. The molecule has 0 aromatic heterocycles. The number of ether oxygens (including phenoxy) is 1. The molecule has 0 heterocycles. The van der Waals surface area contributed by atoms with E-state index in [0.717, 1.165) is 19.1 Å². The summed E-state index contributed by atoms with van der Waals surface area (Å²) < 4.78 is 4.47. The Bertz CT molecular complexity index is 209. The molecule has 86 valence electrons. The maximum atomic E-state index is 10.5. The van der Waals surface area contributed by atoms with E-state index in [1.165, 1.54) is 6.08 Å². The summed E-state index contributed by atoms with van der Waals surface area (Å²) in [6.07, 6.45) is 4.99. The van der Waals surface area contributed by atoms with Gasteiger partial charge in [-0.1, -0.05) is 26.0 Å². The van der Waals surface area contributed by atoms with Crippen molar-refractivity contribution >= 4 is 11.9 Å². The van der Waals surface area contributed by atoms with Crippen LogP contribution in [0.25, 0.3) is 0 Å². The zero-order valence-corrected chi connectivity index (χ0v) is 9.07. The number of rotatable bonds is 6. The molecule has 1 N–H and O–H groups in total. The van der Waals surface area contributed by atoms with Gasteiger partial charge >= 0.3 is 11.9 Å². The minimum atomic E-state index is -0.829. The number of carboxylic acid groups (broad SMARTS) is 1. The highest BCUT2D eigenvalue weighted by atomic mass is 16.5. The summed E-state index contributed by atoms with van der Waals surface area (Å²) in [6, 6.07) is 0. The molecule has 0 aromatic rings. The highest BCUT2D eigenvalue weighted by molar-refractivity contribution is 5.69. The molecule has 0 amide bonds. The molecule has 0 atom stereocenters. The van der Waals surface area contributed by atoms with Crippen LogP contribution >= 0.6 is 0 Å². The molecular weight excluding hydrogens is 196 g/mol. The monoisotopic (exact) mass is 214 g/mol. The maximum absolute atomic E-state index is 10.5. The fraction of sp³-hybridized carbons (Fsp3) is 0.455. The van der Waals surface area contributed by atoms with E-state index < -0.39 is 5.97 Å². The molecule has 15 heavy (non-hydrogen) atoms. The molecule has 0 aliphatic carbocycles. The summed E-state index contributed by atoms with van der Waals surface area (Å²) in [5.74, 6) is -1.02. The van der Waals surface area contributed by atoms with Crippen molar-refractivity contribution < 1.29 is 19.4 Å². The van der Waals surface area contributed by atoms with Crippen LogP contribution < -0.4 is 0 Å². The summed E-state index contributed by atoms with van der Waals surface area (Å²) >= 11 is 0. The zero-order chi connectivity index (χ0) is 12.1. The van der Waals surface area contributed by atoms with Gasteiger partial charge in [0, 0.05) is 6.42 Å². The van der Waals surface area contributed by atoms with Crippen LogP contribution in [0.3, 0.4) is 0 Å². The molecule has 4 heteroatoms. The molecule has 0 aliphatic heterocycles. The number of unbranched alkanes of at least 4 members (excludes halogenated alkanes) is 1. The second kappa shape index (κ2) is 12.4. The minimum Gasteiger partial charge on any atom is -0.481 e. The van der Waals surface area contributed by atoms with Crippen molar-refractivity contribution in [2.24, 2.45) is 0 Å². The molecule has 0 spiro atoms. The summed E-state index contributed by atoms with van der Waals surface area (Å²) in [5, 5.41) is 7.84. The van der Waals surface area contributed by atoms with Crippen LogP contribution in [0.1, 0.15) is 32.6 Å². The van der Waals surface area contributed by atoms with Gasteiger partial charge in [-0.2, -0.15) is 0 Å². The maximum Gasteiger partial charge on any atom is 0.310 e. The van der Waals surface area contributed by atoms with Crippen LogP contribution in [-0.2, 0) is 14.3 Å². The Morgan fingerprint density at radius 3 is 2.27 bits per heavy atom. The lowest BCUT2D eigenvalue weighted by atomic mass is 10.3. The predicted molar refractivity (Wildman–Crippen MR) is 58.3 cm³/mol. The molecule has 0 fully saturated rings. The fourth-order valence-electron chi connectivity index (χ4n) is 0.596. The van der Waals surface area contributed by atoms with Crippen LogP contribution in [0, 0.1) is 0 Å². The smallest absolute Gasteiger partial charge is 0.310 e. The molecule has 0 bridgehead atoms. The normalized spacial score (nSPS) is 8.07. The molecule has 0 aromatic carbocycles. The van der Waals surface area contributed by atoms with Crippen LogP contribution in [0.15, 0.2) is 25.5 Å². The standard InChI is InChI=1S/C7H12O2.C4H6O2/c1-3-5-6-7(8)9-4-2;1-2-3-4(5)6/h4H,2-3,5-6H2,1H3;2H,1,3H2,(H,5,6). The first-order valence-electron chi connectivity index (χ1n) is 4.71. The van der Waals surface area contributed by atoms with Gasteiger partial charge in [-0.15, -0.1) is 6.58 Å². The van der Waals surface area contributed by atoms with Crippen molar-refractivity contribution in [1.82, 2.24) is 0 Å². The Morgan fingerprint density at radius 2 is 2.00 bits per heavy atom. The predicted octanol–water partition coefficient (Wildman–Crippen LogP) is 2.51. The number of carbonyl (C=O) groups is 2. The largest absolute Gasteiger partial charge is 0.481 e. The number of carbonyl (C=O) groups excluding carboxylic acids is 1. The lowest BCUT2D eigenvalue weighted by Gasteiger charge is -1.94. The first kappa shape index (κ1) is 15.9. The quantitative estimate of drug-likeness (QED) is 0.419. The van der Waals surface area contributed by atoms with Gasteiger partial charge in [-0.3, -0.25) is 9.59 Å². The Hall–Kier alpha value is -1.58. The third kappa shape index (κ3) is 19.0. The van der Waals surface area contributed by atoms with Gasteiger partial charge in [0.25, 0.3) is 0 Å². The number of esters is 1. The van der Waals surface area contributed by atoms with Crippen LogP contribution in [0.5, 0.6) is 0 Å². The molecular formula is C11H18O4. The van der Waals surface area contributed by atoms with Gasteiger partial charge in [-0.05, 0) is 6.42 Å². The van der Waals surface area contributed by atoms with Crippen LogP contribution in [0.4, 0.5) is 0 Å². The van der Waals surface area contributed by atoms with Gasteiger partial charge in [0.05, 0.1) is 12.7 Å². The highest BCUT2D eigenvalue weighted by Crippen LogP contribution is 1.95. The SMILES string of the molecule is C=CCC(=O)O.C=COC(=O)CCCC. The van der Waals surface area contributed by atoms with E-state index in [2.05, 4.69) is 17.9 Å². The van der Waals surface area contributed by atoms with Crippen LogP contribution in [0.2, 0.25) is 0 Å². The van der Waals surface area contributed by atoms with Crippen molar-refractivity contribution in [3.05, 3.63) is 25.5 Å². The van der Waals surface area contributed by atoms with Crippen molar-refractivity contribution in [3.63, 3.8) is 0 Å². The lowest BCUT2D eigenvalue weighted by molar-refractivity contribution is -0.138. The first-order chi connectivity index (χ1) is 7.08. The second-order valence-electron chi connectivity index (χ2n) is 2.65. The van der Waals surface area contributed by atoms with Gasteiger partial charge in [0.2, 0.25) is 0 Å². The molecule has 0 saturated heterocycles. The van der Waals surface area contributed by atoms with E-state index in [0.29, 0.717) is 6.42 Å². The van der Waals surface area contributed by atoms with Crippen molar-refractivity contribution in [2.75, 3.05) is 0 Å². The van der Waals surface area contributed by atoms with E-state index in [9.17, 15) is 9.59 Å². The Labute approximate surface area is 90.2 Å². The fourth-order valence-corrected chi connectivity index (χ4v) is 0.596. The zero-order valence-electron chi connectivity index (χ0n) is 9.07. The third-order valence-electron chi connectivity index (χ3n) is 1.27. The molecule has 0 saturated carbocycles. The number of hydrogen-bond acceptors (Lipinski definition) is 3. The molecule has 0 unspecified atom stereocenters. The number of hydrogen-bond donors (Lipinski definition) is 1. The molecule has 0 radical (unpaired) electrons. The van der Waals surface area contributed by atoms with Gasteiger partial charge < -0.3 is 9.84 Å². The van der Waals surface area contributed by atoms with Gasteiger partial charge in [-0.25, -0.2) is 0 Å². The van der Waals surface area contributed by atoms with E-state index in [1.54, 1.807) is 0 Å². The summed E-state index contributed by atoms with van der Waals surface area (Å²) in [6.45, 7) is 8.51. The Kier molecular flexibility index (Phi) is 13.1. The third-order valence-corrected chi connectivity index (χ3v) is 1.27. The summed E-state index contributed by atoms with van der Waals surface area (Å²) in [4.78, 5) is 20.0. The number of carboxylic acids is 1. The summed E-state index contributed by atoms with van der Waals surface area (Å²) in [7, 11) is 0. The topological polar surface area (TPSA) is 63.6 Å². The molecule has 0 aliphatic rings. The molecule has 4 nitrogen and oxygen atoms in total. The van der Waals surface area contributed by atoms with Crippen molar-refractivity contribution in [2.45, 2.75) is 32.6 Å². The minimum absolute atomic E-state index is 0.0556. The average Bonchev–Trinajstić information content (AvgIpc) is 2.16. The molecule has 0 rings (SSSR count).